The summed E-state index contributed by atoms with van der Waals surface area (Å²) in [7, 11) is 0. The molecule has 10 nitrogen and oxygen atoms in total. The number of carbonyl (C=O) groups excluding carboxylic acids is 2. The maximum absolute atomic E-state index is 13.9. The Labute approximate surface area is 266 Å². The Kier molecular flexibility index (Phi) is 8.71. The lowest BCUT2D eigenvalue weighted by molar-refractivity contribution is -0.139. The lowest BCUT2D eigenvalue weighted by Gasteiger charge is -2.28. The van der Waals surface area contributed by atoms with E-state index in [1.54, 1.807) is 32.7 Å². The van der Waals surface area contributed by atoms with Gasteiger partial charge in [-0.25, -0.2) is 4.79 Å². The average molecular weight is 628 g/mol. The van der Waals surface area contributed by atoms with Crippen LogP contribution in [0.3, 0.4) is 0 Å². The molecule has 11 heteroatoms. The normalized spacial score (nSPS) is 19.3. The number of benzene rings is 3. The second-order valence-corrected chi connectivity index (χ2v) is 11.7. The topological polar surface area (TPSA) is 121 Å². The first-order valence-corrected chi connectivity index (χ1v) is 15.3. The molecule has 0 radical (unpaired) electrons. The molecule has 2 aliphatic heterocycles. The van der Waals surface area contributed by atoms with Gasteiger partial charge in [0.2, 0.25) is 0 Å². The number of hydrogen-bond donors (Lipinski definition) is 2. The molecule has 3 heterocycles. The number of aliphatic hydroxyl groups is 2. The first-order chi connectivity index (χ1) is 21.8. The zero-order chi connectivity index (χ0) is 31.6. The third-order valence-electron chi connectivity index (χ3n) is 8.49. The standard InChI is InChI=1S/C34H34ClN5O5/c1-23(7-5-6-16-38-21-30(36-37-38)28(22-41)25-8-3-2-4-9-25)34(44)29-19-26(35)12-15-31(29)40(32(34)42)20-24-10-13-27(14-11-24)39-17-18-45-33(39)43/h2-5,7-15,19,21,23,28,41,44H,6,16-18,20,22H2,1H3/b7-5+/t23-,28?,34+/m0/s1. The summed E-state index contributed by atoms with van der Waals surface area (Å²) in [5, 5.41) is 30.8. The summed E-state index contributed by atoms with van der Waals surface area (Å²) in [5.41, 5.74) is 2.49. The molecule has 3 aromatic carbocycles. The minimum absolute atomic E-state index is 0.0738. The highest BCUT2D eigenvalue weighted by molar-refractivity contribution is 6.31. The van der Waals surface area contributed by atoms with E-state index in [0.717, 1.165) is 16.8 Å². The van der Waals surface area contributed by atoms with Crippen molar-refractivity contribution in [3.05, 3.63) is 119 Å². The number of allylic oxidation sites excluding steroid dienone is 1. The number of aryl methyl sites for hydroxylation is 1. The van der Waals surface area contributed by atoms with Crippen LogP contribution in [0.5, 0.6) is 0 Å². The molecule has 1 unspecified atom stereocenters. The van der Waals surface area contributed by atoms with Gasteiger partial charge < -0.3 is 19.8 Å². The largest absolute Gasteiger partial charge is 0.447 e. The van der Waals surface area contributed by atoms with Gasteiger partial charge >= 0.3 is 6.09 Å². The Morgan fingerprint density at radius 3 is 2.58 bits per heavy atom. The number of aliphatic hydroxyl groups excluding tert-OH is 1. The summed E-state index contributed by atoms with van der Waals surface area (Å²) in [5.74, 6) is -1.24. The van der Waals surface area contributed by atoms with Crippen molar-refractivity contribution in [3.8, 4) is 0 Å². The van der Waals surface area contributed by atoms with E-state index < -0.39 is 17.4 Å². The molecule has 1 aromatic heterocycles. The summed E-state index contributed by atoms with van der Waals surface area (Å²) in [6, 6.07) is 22.2. The number of cyclic esters (lactones) is 1. The van der Waals surface area contributed by atoms with Gasteiger partial charge in [-0.3, -0.25) is 14.4 Å². The molecule has 0 saturated carbocycles. The lowest BCUT2D eigenvalue weighted by Crippen LogP contribution is -2.44. The number of hydrogen-bond acceptors (Lipinski definition) is 7. The van der Waals surface area contributed by atoms with Crippen molar-refractivity contribution in [2.45, 2.75) is 38.0 Å². The molecule has 2 N–H and O–H groups in total. The molecule has 0 bridgehead atoms. The summed E-state index contributed by atoms with van der Waals surface area (Å²) in [4.78, 5) is 29.0. The number of halogens is 1. The van der Waals surface area contributed by atoms with Crippen molar-refractivity contribution < 1.29 is 24.5 Å². The highest BCUT2D eigenvalue weighted by Gasteiger charge is 2.52. The van der Waals surface area contributed by atoms with E-state index in [9.17, 15) is 19.8 Å². The van der Waals surface area contributed by atoms with Crippen LogP contribution in [0.15, 0.2) is 91.1 Å². The smallest absolute Gasteiger partial charge is 0.414 e. The third kappa shape index (κ3) is 5.96. The molecular weight excluding hydrogens is 594 g/mol. The van der Waals surface area contributed by atoms with Gasteiger partial charge in [0.1, 0.15) is 6.61 Å². The summed E-state index contributed by atoms with van der Waals surface area (Å²) in [6.07, 6.45) is 5.81. The number of amides is 2. The zero-order valence-corrected chi connectivity index (χ0v) is 25.5. The monoisotopic (exact) mass is 627 g/mol. The maximum Gasteiger partial charge on any atom is 0.414 e. The molecule has 45 heavy (non-hydrogen) atoms. The molecule has 232 valence electrons. The van der Waals surface area contributed by atoms with Crippen LogP contribution in [0.2, 0.25) is 5.02 Å². The van der Waals surface area contributed by atoms with Gasteiger partial charge in [-0.2, -0.15) is 0 Å². The molecule has 0 aliphatic carbocycles. The van der Waals surface area contributed by atoms with Crippen LogP contribution in [0, 0.1) is 5.92 Å². The van der Waals surface area contributed by atoms with Crippen LogP contribution in [0.4, 0.5) is 16.2 Å². The first kappa shape index (κ1) is 30.5. The van der Waals surface area contributed by atoms with E-state index in [2.05, 4.69) is 10.3 Å². The SMILES string of the molecule is C[C@@H](/C=C/CCn1cc(C(CO)c2ccccc2)nn1)[C@]1(O)C(=O)N(Cc2ccc(N3CCOC3=O)cc2)c2ccc(Cl)cc21. The van der Waals surface area contributed by atoms with E-state index >= 15 is 0 Å². The van der Waals surface area contributed by atoms with Crippen molar-refractivity contribution in [3.63, 3.8) is 0 Å². The van der Waals surface area contributed by atoms with E-state index in [1.165, 1.54) is 0 Å². The fourth-order valence-corrected chi connectivity index (χ4v) is 6.12. The minimum Gasteiger partial charge on any atom is -0.447 e. The number of nitrogens with zero attached hydrogens (tertiary/aromatic N) is 5. The first-order valence-electron chi connectivity index (χ1n) is 14.9. The number of aromatic nitrogens is 3. The van der Waals surface area contributed by atoms with Crippen LogP contribution in [-0.2, 0) is 28.2 Å². The van der Waals surface area contributed by atoms with E-state index in [0.29, 0.717) is 48.1 Å². The highest BCUT2D eigenvalue weighted by Crippen LogP contribution is 2.46. The summed E-state index contributed by atoms with van der Waals surface area (Å²) >= 11 is 6.34. The lowest BCUT2D eigenvalue weighted by atomic mass is 9.83. The Balaban J connectivity index is 1.14. The fourth-order valence-electron chi connectivity index (χ4n) is 5.95. The molecule has 6 rings (SSSR count). The second kappa shape index (κ2) is 12.8. The van der Waals surface area contributed by atoms with Gasteiger partial charge in [0.15, 0.2) is 5.60 Å². The van der Waals surface area contributed by atoms with Crippen molar-refractivity contribution in [2.75, 3.05) is 29.6 Å². The van der Waals surface area contributed by atoms with Crippen molar-refractivity contribution in [1.82, 2.24) is 15.0 Å². The third-order valence-corrected chi connectivity index (χ3v) is 8.72. The molecular formula is C34H34ClN5O5. The molecule has 1 saturated heterocycles. The molecule has 3 atom stereocenters. The summed E-state index contributed by atoms with van der Waals surface area (Å²) in [6.45, 7) is 3.36. The van der Waals surface area contributed by atoms with Crippen LogP contribution in [-0.4, -0.2) is 57.0 Å². The van der Waals surface area contributed by atoms with Gasteiger partial charge in [-0.15, -0.1) is 5.10 Å². The molecule has 0 spiro atoms. The van der Waals surface area contributed by atoms with Gasteiger partial charge in [0.25, 0.3) is 5.91 Å². The molecule has 2 amide bonds. The van der Waals surface area contributed by atoms with Gasteiger partial charge in [0.05, 0.1) is 37.0 Å². The quantitative estimate of drug-likeness (QED) is 0.224. The van der Waals surface area contributed by atoms with Crippen molar-refractivity contribution in [2.24, 2.45) is 5.92 Å². The van der Waals surface area contributed by atoms with E-state index in [-0.39, 0.29) is 25.2 Å². The van der Waals surface area contributed by atoms with Gasteiger partial charge in [-0.05, 0) is 47.9 Å². The Morgan fingerprint density at radius 2 is 1.87 bits per heavy atom. The predicted molar refractivity (Wildman–Crippen MR) is 170 cm³/mol. The van der Waals surface area contributed by atoms with Crippen LogP contribution in [0.1, 0.15) is 41.6 Å². The second-order valence-electron chi connectivity index (χ2n) is 11.3. The van der Waals surface area contributed by atoms with E-state index in [1.807, 2.05) is 79.9 Å². The zero-order valence-electron chi connectivity index (χ0n) is 24.8. The van der Waals surface area contributed by atoms with Crippen LogP contribution < -0.4 is 9.80 Å². The van der Waals surface area contributed by atoms with E-state index in [4.69, 9.17) is 16.3 Å². The molecule has 1 fully saturated rings. The number of carbonyl (C=O) groups is 2. The molecule has 4 aromatic rings. The number of anilines is 2. The summed E-state index contributed by atoms with van der Waals surface area (Å²) < 4.78 is 6.75. The predicted octanol–water partition coefficient (Wildman–Crippen LogP) is 5.03. The number of ether oxygens (including phenoxy) is 1. The molecule has 2 aliphatic rings. The van der Waals surface area contributed by atoms with Crippen molar-refractivity contribution in [1.29, 1.82) is 0 Å². The van der Waals surface area contributed by atoms with Crippen LogP contribution >= 0.6 is 11.6 Å². The number of rotatable bonds is 11. The van der Waals surface area contributed by atoms with Gasteiger partial charge in [0, 0.05) is 34.9 Å². The maximum atomic E-state index is 13.9. The Morgan fingerprint density at radius 1 is 1.09 bits per heavy atom. The minimum atomic E-state index is -1.81. The Hall–Kier alpha value is -4.51. The van der Waals surface area contributed by atoms with Crippen molar-refractivity contribution >= 4 is 35.0 Å². The van der Waals surface area contributed by atoms with Gasteiger partial charge in [-0.1, -0.05) is 78.4 Å². The highest BCUT2D eigenvalue weighted by atomic mass is 35.5. The van der Waals surface area contributed by atoms with Crippen LogP contribution in [0.25, 0.3) is 0 Å². The Bertz CT molecular complexity index is 1710. The fraction of sp³-hybridized carbons (Fsp3) is 0.294. The number of fused-ring (bicyclic) bond motifs is 1. The average Bonchev–Trinajstić information content (AvgIpc) is 3.75.